The predicted octanol–water partition coefficient (Wildman–Crippen LogP) is 8.19. The third-order valence-corrected chi connectivity index (χ3v) is 8.78. The van der Waals surface area contributed by atoms with Crippen molar-refractivity contribution in [3.63, 3.8) is 0 Å². The highest BCUT2D eigenvalue weighted by Gasteiger charge is 2.43. The molecule has 1 aliphatic heterocycles. The van der Waals surface area contributed by atoms with Crippen molar-refractivity contribution >= 4 is 34.8 Å². The number of rotatable bonds is 7. The smallest absolute Gasteiger partial charge is 0.161 e. The minimum Gasteiger partial charge on any atom is -0.493 e. The molecule has 0 aromatic heterocycles. The molecule has 5 nitrogen and oxygen atoms in total. The maximum atomic E-state index is 13.6. The van der Waals surface area contributed by atoms with Crippen molar-refractivity contribution in [2.45, 2.75) is 57.6 Å². The number of carbonyl (C=O) groups excluding carboxylic acids is 2. The van der Waals surface area contributed by atoms with Gasteiger partial charge in [-0.1, -0.05) is 65.7 Å². The maximum Gasteiger partial charge on any atom is 0.161 e. The SMILES string of the molecule is COc1cc(C2C3=C(CCCC3=O)N(Cc3ccccc3)C3=C2C(=O)CCC3)ccc1OCc1ccc(Cl)cc1Cl. The van der Waals surface area contributed by atoms with Crippen LogP contribution in [-0.4, -0.2) is 23.6 Å². The molecule has 0 N–H and O–H groups in total. The van der Waals surface area contributed by atoms with Gasteiger partial charge in [0.25, 0.3) is 0 Å². The van der Waals surface area contributed by atoms with E-state index in [1.165, 1.54) is 0 Å². The Balaban J connectivity index is 1.40. The molecule has 41 heavy (non-hydrogen) atoms. The van der Waals surface area contributed by atoms with E-state index in [0.717, 1.165) is 64.9 Å². The summed E-state index contributed by atoms with van der Waals surface area (Å²) in [6.45, 7) is 0.889. The number of hydrogen-bond donors (Lipinski definition) is 0. The van der Waals surface area contributed by atoms with E-state index in [2.05, 4.69) is 17.0 Å². The molecule has 0 unspecified atom stereocenters. The molecule has 0 radical (unpaired) electrons. The molecule has 7 heteroatoms. The molecule has 0 atom stereocenters. The molecule has 2 aliphatic carbocycles. The Morgan fingerprint density at radius 2 is 1.49 bits per heavy atom. The minimum atomic E-state index is -0.415. The van der Waals surface area contributed by atoms with Gasteiger partial charge >= 0.3 is 0 Å². The van der Waals surface area contributed by atoms with Crippen LogP contribution in [0.2, 0.25) is 10.0 Å². The summed E-state index contributed by atoms with van der Waals surface area (Å²) in [4.78, 5) is 29.5. The number of ether oxygens (including phenoxy) is 2. The van der Waals surface area contributed by atoms with Gasteiger partial charge in [0.05, 0.1) is 7.11 Å². The second kappa shape index (κ2) is 11.8. The number of nitrogens with zero attached hydrogens (tertiary/aromatic N) is 1. The van der Waals surface area contributed by atoms with Crippen LogP contribution < -0.4 is 9.47 Å². The summed E-state index contributed by atoms with van der Waals surface area (Å²) in [5, 5.41) is 1.09. The Hall–Kier alpha value is -3.54. The molecule has 6 rings (SSSR count). The van der Waals surface area contributed by atoms with E-state index in [0.29, 0.717) is 40.9 Å². The Labute approximate surface area is 250 Å². The number of hydrogen-bond acceptors (Lipinski definition) is 5. The molecule has 0 saturated heterocycles. The molecular weight excluding hydrogens is 557 g/mol. The van der Waals surface area contributed by atoms with Gasteiger partial charge in [0.2, 0.25) is 0 Å². The molecule has 0 bridgehead atoms. The highest BCUT2D eigenvalue weighted by atomic mass is 35.5. The van der Waals surface area contributed by atoms with Crippen molar-refractivity contribution in [1.82, 2.24) is 4.90 Å². The number of carbonyl (C=O) groups is 2. The normalized spacial score (nSPS) is 17.5. The van der Waals surface area contributed by atoms with Crippen molar-refractivity contribution in [1.29, 1.82) is 0 Å². The monoisotopic (exact) mass is 587 g/mol. The Kier molecular flexibility index (Phi) is 7.92. The van der Waals surface area contributed by atoms with E-state index >= 15 is 0 Å². The van der Waals surface area contributed by atoms with Gasteiger partial charge in [-0.15, -0.1) is 0 Å². The topological polar surface area (TPSA) is 55.8 Å². The molecule has 0 fully saturated rings. The lowest BCUT2D eigenvalue weighted by molar-refractivity contribution is -0.117. The summed E-state index contributed by atoms with van der Waals surface area (Å²) in [7, 11) is 1.59. The Morgan fingerprint density at radius 1 is 0.805 bits per heavy atom. The van der Waals surface area contributed by atoms with Crippen molar-refractivity contribution in [2.24, 2.45) is 0 Å². The van der Waals surface area contributed by atoms with Gasteiger partial charge in [-0.25, -0.2) is 0 Å². The molecule has 0 amide bonds. The largest absolute Gasteiger partial charge is 0.493 e. The first-order chi connectivity index (χ1) is 19.9. The second-order valence-electron chi connectivity index (χ2n) is 10.7. The van der Waals surface area contributed by atoms with Crippen LogP contribution in [0.1, 0.15) is 61.1 Å². The molecule has 0 saturated carbocycles. The van der Waals surface area contributed by atoms with Gasteiger partial charge in [0.15, 0.2) is 23.1 Å². The van der Waals surface area contributed by atoms with Gasteiger partial charge in [-0.3, -0.25) is 9.59 Å². The van der Waals surface area contributed by atoms with Crippen molar-refractivity contribution < 1.29 is 19.1 Å². The van der Waals surface area contributed by atoms with Crippen molar-refractivity contribution in [3.8, 4) is 11.5 Å². The summed E-state index contributed by atoms with van der Waals surface area (Å²) in [5.74, 6) is 0.917. The summed E-state index contributed by atoms with van der Waals surface area (Å²) in [6, 6.07) is 21.3. The minimum absolute atomic E-state index is 0.121. The zero-order valence-corrected chi connectivity index (χ0v) is 24.4. The van der Waals surface area contributed by atoms with E-state index in [-0.39, 0.29) is 18.2 Å². The predicted molar refractivity (Wildman–Crippen MR) is 160 cm³/mol. The van der Waals surface area contributed by atoms with Crippen LogP contribution >= 0.6 is 23.2 Å². The van der Waals surface area contributed by atoms with Crippen LogP contribution in [0.25, 0.3) is 0 Å². The average Bonchev–Trinajstić information content (AvgIpc) is 2.98. The van der Waals surface area contributed by atoms with E-state index in [1.54, 1.807) is 19.2 Å². The number of methoxy groups -OCH3 is 1. The molecule has 3 aromatic carbocycles. The molecule has 0 spiro atoms. The van der Waals surface area contributed by atoms with Gasteiger partial charge in [-0.05, 0) is 61.1 Å². The van der Waals surface area contributed by atoms with E-state index < -0.39 is 5.92 Å². The highest BCUT2D eigenvalue weighted by molar-refractivity contribution is 6.35. The number of Topliss-reactive ketones (excluding diaryl/α,β-unsaturated/α-hetero) is 2. The third-order valence-electron chi connectivity index (χ3n) is 8.19. The summed E-state index contributed by atoms with van der Waals surface area (Å²) in [5.41, 5.74) is 6.45. The van der Waals surface area contributed by atoms with Crippen LogP contribution in [0.4, 0.5) is 0 Å². The quantitative estimate of drug-likeness (QED) is 0.279. The molecule has 3 aliphatic rings. The molecule has 210 valence electrons. The van der Waals surface area contributed by atoms with Crippen LogP contribution in [0.3, 0.4) is 0 Å². The fraction of sp³-hybridized carbons (Fsp3) is 0.294. The van der Waals surface area contributed by atoms with Gasteiger partial charge in [0.1, 0.15) is 6.61 Å². The van der Waals surface area contributed by atoms with Crippen LogP contribution in [0, 0.1) is 0 Å². The lowest BCUT2D eigenvalue weighted by atomic mass is 9.71. The zero-order chi connectivity index (χ0) is 28.5. The number of ketones is 2. The maximum absolute atomic E-state index is 13.6. The summed E-state index contributed by atoms with van der Waals surface area (Å²) in [6.07, 6.45) is 4.24. The molecular formula is C34H31Cl2NO4. The first-order valence-electron chi connectivity index (χ1n) is 14.0. The fourth-order valence-electron chi connectivity index (χ4n) is 6.28. The van der Waals surface area contributed by atoms with E-state index in [9.17, 15) is 9.59 Å². The number of allylic oxidation sites excluding steroid dienone is 4. The summed E-state index contributed by atoms with van der Waals surface area (Å²) < 4.78 is 11.8. The van der Waals surface area contributed by atoms with Crippen molar-refractivity contribution in [3.05, 3.63) is 116 Å². The first kappa shape index (κ1) is 27.6. The van der Waals surface area contributed by atoms with Gasteiger partial charge in [0, 0.05) is 63.5 Å². The zero-order valence-electron chi connectivity index (χ0n) is 22.9. The first-order valence-corrected chi connectivity index (χ1v) is 14.8. The number of halogens is 2. The lowest BCUT2D eigenvalue weighted by Crippen LogP contribution is -2.38. The van der Waals surface area contributed by atoms with Crippen molar-refractivity contribution in [2.75, 3.05) is 7.11 Å². The van der Waals surface area contributed by atoms with Gasteiger partial charge in [-0.2, -0.15) is 0 Å². The third kappa shape index (κ3) is 5.41. The van der Waals surface area contributed by atoms with Crippen LogP contribution in [0.5, 0.6) is 11.5 Å². The second-order valence-corrected chi connectivity index (χ2v) is 11.6. The molecule has 3 aromatic rings. The van der Waals surface area contributed by atoms with Crippen LogP contribution in [-0.2, 0) is 22.7 Å². The van der Waals surface area contributed by atoms with E-state index in [1.807, 2.05) is 42.5 Å². The highest BCUT2D eigenvalue weighted by Crippen LogP contribution is 2.50. The van der Waals surface area contributed by atoms with Crippen LogP contribution in [0.15, 0.2) is 89.3 Å². The summed E-state index contributed by atoms with van der Waals surface area (Å²) >= 11 is 12.4. The fourth-order valence-corrected chi connectivity index (χ4v) is 6.75. The standard InChI is InChI=1S/C34H31Cl2NO4/c1-40-31-17-22(14-16-30(31)41-20-23-13-15-24(35)18-25(23)36)32-33-26(9-5-11-28(33)38)37(19-21-7-3-2-4-8-21)27-10-6-12-29(39)34(27)32/h2-4,7-8,13-18,32H,5-6,9-12,19-20H2,1H3. The Morgan fingerprint density at radius 3 is 2.12 bits per heavy atom. The lowest BCUT2D eigenvalue weighted by Gasteiger charge is -2.44. The van der Waals surface area contributed by atoms with Gasteiger partial charge < -0.3 is 14.4 Å². The Bertz CT molecular complexity index is 1530. The van der Waals surface area contributed by atoms with E-state index in [4.69, 9.17) is 32.7 Å². The average molecular weight is 589 g/mol. The number of benzene rings is 3. The molecule has 1 heterocycles.